The minimum absolute atomic E-state index is 0.605. The Labute approximate surface area is 136 Å². The molecule has 2 aromatic rings. The third-order valence-electron chi connectivity index (χ3n) is 3.20. The van der Waals surface area contributed by atoms with E-state index in [1.807, 2.05) is 48.5 Å². The van der Waals surface area contributed by atoms with E-state index in [9.17, 15) is 0 Å². The SMILES string of the molecule is COc1cccc(CCNC(=S)Nc2ccccc2)c1OC. The number of thiocarbonyl (C=S) groups is 1. The van der Waals surface area contributed by atoms with Crippen LogP contribution >= 0.6 is 12.2 Å². The first-order valence-corrected chi connectivity index (χ1v) is 7.45. The lowest BCUT2D eigenvalue weighted by molar-refractivity contribution is 0.351. The fourth-order valence-corrected chi connectivity index (χ4v) is 2.38. The zero-order valence-electron chi connectivity index (χ0n) is 12.8. The molecule has 0 bridgehead atoms. The van der Waals surface area contributed by atoms with Crippen molar-refractivity contribution in [1.82, 2.24) is 5.32 Å². The van der Waals surface area contributed by atoms with Crippen molar-refractivity contribution >= 4 is 23.0 Å². The van der Waals surface area contributed by atoms with Gasteiger partial charge in [0.05, 0.1) is 14.2 Å². The van der Waals surface area contributed by atoms with E-state index >= 15 is 0 Å². The molecule has 0 atom stereocenters. The molecular weight excluding hydrogens is 296 g/mol. The number of anilines is 1. The molecule has 0 aliphatic rings. The van der Waals surface area contributed by atoms with Crippen molar-refractivity contribution in [2.24, 2.45) is 0 Å². The average molecular weight is 316 g/mol. The van der Waals surface area contributed by atoms with Crippen molar-refractivity contribution in [3.8, 4) is 11.5 Å². The van der Waals surface area contributed by atoms with Gasteiger partial charge in [0.1, 0.15) is 0 Å². The molecule has 22 heavy (non-hydrogen) atoms. The van der Waals surface area contributed by atoms with E-state index in [-0.39, 0.29) is 0 Å². The summed E-state index contributed by atoms with van der Waals surface area (Å²) >= 11 is 5.28. The molecule has 0 aliphatic heterocycles. The lowest BCUT2D eigenvalue weighted by atomic mass is 10.1. The van der Waals surface area contributed by atoms with Crippen LogP contribution in [0.15, 0.2) is 48.5 Å². The minimum atomic E-state index is 0.605. The number of hydrogen-bond acceptors (Lipinski definition) is 3. The van der Waals surface area contributed by atoms with Gasteiger partial charge >= 0.3 is 0 Å². The highest BCUT2D eigenvalue weighted by Gasteiger charge is 2.09. The monoisotopic (exact) mass is 316 g/mol. The van der Waals surface area contributed by atoms with Gasteiger partial charge in [-0.15, -0.1) is 0 Å². The zero-order chi connectivity index (χ0) is 15.8. The van der Waals surface area contributed by atoms with Crippen LogP contribution in [0.3, 0.4) is 0 Å². The number of rotatable bonds is 6. The highest BCUT2D eigenvalue weighted by molar-refractivity contribution is 7.80. The molecule has 0 unspecified atom stereocenters. The predicted molar refractivity (Wildman–Crippen MR) is 93.9 cm³/mol. The normalized spacial score (nSPS) is 9.91. The van der Waals surface area contributed by atoms with E-state index in [0.717, 1.165) is 29.2 Å². The van der Waals surface area contributed by atoms with E-state index in [1.165, 1.54) is 0 Å². The molecule has 4 nitrogen and oxygen atoms in total. The Morgan fingerprint density at radius 1 is 1.00 bits per heavy atom. The summed E-state index contributed by atoms with van der Waals surface area (Å²) in [5, 5.41) is 6.94. The van der Waals surface area contributed by atoms with E-state index in [0.29, 0.717) is 11.7 Å². The summed E-state index contributed by atoms with van der Waals surface area (Å²) in [6.45, 7) is 0.711. The molecule has 0 amide bonds. The number of benzene rings is 2. The first kappa shape index (κ1) is 16.1. The molecule has 5 heteroatoms. The van der Waals surface area contributed by atoms with Gasteiger partial charge in [-0.3, -0.25) is 0 Å². The van der Waals surface area contributed by atoms with Crippen LogP contribution in [0.25, 0.3) is 0 Å². The number of nitrogens with one attached hydrogen (secondary N) is 2. The van der Waals surface area contributed by atoms with Gasteiger partial charge in [-0.05, 0) is 42.4 Å². The molecule has 0 fully saturated rings. The maximum atomic E-state index is 5.42. The number of hydrogen-bond donors (Lipinski definition) is 2. The second kappa shape index (κ2) is 8.24. The van der Waals surface area contributed by atoms with Crippen LogP contribution in [0.1, 0.15) is 5.56 Å². The Morgan fingerprint density at radius 3 is 2.45 bits per heavy atom. The smallest absolute Gasteiger partial charge is 0.170 e. The van der Waals surface area contributed by atoms with Crippen LogP contribution in [0, 0.1) is 0 Å². The highest BCUT2D eigenvalue weighted by Crippen LogP contribution is 2.30. The minimum Gasteiger partial charge on any atom is -0.493 e. The molecule has 2 aromatic carbocycles. The van der Waals surface area contributed by atoms with Crippen LogP contribution in [-0.4, -0.2) is 25.9 Å². The second-order valence-corrected chi connectivity index (χ2v) is 5.06. The largest absolute Gasteiger partial charge is 0.493 e. The lowest BCUT2D eigenvalue weighted by Gasteiger charge is -2.14. The van der Waals surface area contributed by atoms with Gasteiger partial charge in [-0.1, -0.05) is 30.3 Å². The molecule has 0 saturated carbocycles. The average Bonchev–Trinajstić information content (AvgIpc) is 2.55. The van der Waals surface area contributed by atoms with Crippen LogP contribution in [0.5, 0.6) is 11.5 Å². The standard InChI is InChI=1S/C17H20N2O2S/c1-20-15-10-6-7-13(16(15)21-2)11-12-18-17(22)19-14-8-4-3-5-9-14/h3-10H,11-12H2,1-2H3,(H2,18,19,22). The first-order valence-electron chi connectivity index (χ1n) is 7.04. The van der Waals surface area contributed by atoms with Gasteiger partial charge in [0.25, 0.3) is 0 Å². The van der Waals surface area contributed by atoms with Crippen LogP contribution in [0.2, 0.25) is 0 Å². The van der Waals surface area contributed by atoms with Crippen LogP contribution in [-0.2, 0) is 6.42 Å². The Balaban J connectivity index is 1.87. The summed E-state index contributed by atoms with van der Waals surface area (Å²) in [4.78, 5) is 0. The molecule has 0 radical (unpaired) electrons. The Kier molecular flexibility index (Phi) is 6.03. The molecule has 0 aliphatic carbocycles. The number of ether oxygens (including phenoxy) is 2. The Hall–Kier alpha value is -2.27. The fraction of sp³-hybridized carbons (Fsp3) is 0.235. The third kappa shape index (κ3) is 4.36. The van der Waals surface area contributed by atoms with E-state index in [1.54, 1.807) is 14.2 Å². The van der Waals surface area contributed by atoms with Gasteiger partial charge in [0.2, 0.25) is 0 Å². The second-order valence-electron chi connectivity index (χ2n) is 4.65. The zero-order valence-corrected chi connectivity index (χ0v) is 13.6. The summed E-state index contributed by atoms with van der Waals surface area (Å²) < 4.78 is 10.7. The summed E-state index contributed by atoms with van der Waals surface area (Å²) in [7, 11) is 3.29. The van der Waals surface area contributed by atoms with Gasteiger partial charge in [0, 0.05) is 12.2 Å². The van der Waals surface area contributed by atoms with Crippen LogP contribution < -0.4 is 20.1 Å². The third-order valence-corrected chi connectivity index (χ3v) is 3.44. The number of para-hydroxylation sites is 2. The first-order chi connectivity index (χ1) is 10.7. The number of methoxy groups -OCH3 is 2. The predicted octanol–water partition coefficient (Wildman–Crippen LogP) is 3.23. The maximum Gasteiger partial charge on any atom is 0.170 e. The van der Waals surface area contributed by atoms with Crippen molar-refractivity contribution in [2.45, 2.75) is 6.42 Å². The Bertz CT molecular complexity index is 617. The molecule has 0 heterocycles. The summed E-state index contributed by atoms with van der Waals surface area (Å²) in [5.74, 6) is 1.51. The van der Waals surface area contributed by atoms with Gasteiger partial charge in [-0.25, -0.2) is 0 Å². The molecule has 0 spiro atoms. The molecule has 116 valence electrons. The Morgan fingerprint density at radius 2 is 1.77 bits per heavy atom. The van der Waals surface area contributed by atoms with Gasteiger partial charge in [0.15, 0.2) is 16.6 Å². The van der Waals surface area contributed by atoms with E-state index in [2.05, 4.69) is 10.6 Å². The molecule has 2 N–H and O–H groups in total. The fourth-order valence-electron chi connectivity index (χ4n) is 2.16. The highest BCUT2D eigenvalue weighted by atomic mass is 32.1. The van der Waals surface area contributed by atoms with Crippen molar-refractivity contribution in [3.63, 3.8) is 0 Å². The summed E-state index contributed by atoms with van der Waals surface area (Å²) in [6.07, 6.45) is 0.789. The van der Waals surface area contributed by atoms with Gasteiger partial charge in [-0.2, -0.15) is 0 Å². The molecule has 2 rings (SSSR count). The van der Waals surface area contributed by atoms with Crippen molar-refractivity contribution in [1.29, 1.82) is 0 Å². The van der Waals surface area contributed by atoms with E-state index in [4.69, 9.17) is 21.7 Å². The van der Waals surface area contributed by atoms with Crippen molar-refractivity contribution < 1.29 is 9.47 Å². The van der Waals surface area contributed by atoms with Crippen molar-refractivity contribution in [3.05, 3.63) is 54.1 Å². The summed E-state index contributed by atoms with van der Waals surface area (Å²) in [5.41, 5.74) is 2.05. The van der Waals surface area contributed by atoms with Crippen LogP contribution in [0.4, 0.5) is 5.69 Å². The molecule has 0 aromatic heterocycles. The maximum absolute atomic E-state index is 5.42. The summed E-state index contributed by atoms with van der Waals surface area (Å²) in [6, 6.07) is 15.7. The topological polar surface area (TPSA) is 42.5 Å². The molecule has 0 saturated heterocycles. The van der Waals surface area contributed by atoms with Crippen molar-refractivity contribution in [2.75, 3.05) is 26.1 Å². The lowest BCUT2D eigenvalue weighted by Crippen LogP contribution is -2.30. The quantitative estimate of drug-likeness (QED) is 0.801. The van der Waals surface area contributed by atoms with E-state index < -0.39 is 0 Å². The molecular formula is C17H20N2O2S. The van der Waals surface area contributed by atoms with Gasteiger partial charge < -0.3 is 20.1 Å².